The Morgan fingerprint density at radius 2 is 1.92 bits per heavy atom. The van der Waals surface area contributed by atoms with Crippen LogP contribution in [0.2, 0.25) is 0 Å². The van der Waals surface area contributed by atoms with E-state index in [-0.39, 0.29) is 6.03 Å². The lowest BCUT2D eigenvalue weighted by Crippen LogP contribution is -2.50. The number of hydrogen-bond donors (Lipinski definition) is 1. The zero-order valence-corrected chi connectivity index (χ0v) is 15.2. The van der Waals surface area contributed by atoms with E-state index in [0.29, 0.717) is 24.8 Å². The lowest BCUT2D eigenvalue weighted by atomic mass is 10.2. The number of amides is 2. The number of nitrogens with zero attached hydrogens (tertiary/aromatic N) is 6. The molecule has 0 saturated carbocycles. The fourth-order valence-electron chi connectivity index (χ4n) is 2.80. The zero-order valence-electron chi connectivity index (χ0n) is 15.2. The highest BCUT2D eigenvalue weighted by Crippen LogP contribution is 2.19. The summed E-state index contributed by atoms with van der Waals surface area (Å²) < 4.78 is 1.66. The van der Waals surface area contributed by atoms with Crippen LogP contribution >= 0.6 is 0 Å². The fraction of sp³-hybridized carbons (Fsp3) is 0.529. The van der Waals surface area contributed by atoms with Crippen molar-refractivity contribution in [3.05, 3.63) is 29.8 Å². The predicted molar refractivity (Wildman–Crippen MR) is 96.9 cm³/mol. The van der Waals surface area contributed by atoms with E-state index < -0.39 is 0 Å². The number of hydrogen-bond acceptors (Lipinski definition) is 5. The number of aromatic nitrogens is 4. The second-order valence-electron chi connectivity index (χ2n) is 6.66. The molecule has 0 atom stereocenters. The minimum Gasteiger partial charge on any atom is -0.353 e. The molecule has 2 amide bonds. The van der Waals surface area contributed by atoms with E-state index in [9.17, 15) is 4.79 Å². The second kappa shape index (κ2) is 7.08. The summed E-state index contributed by atoms with van der Waals surface area (Å²) in [6, 6.07) is 3.68. The smallest absolute Gasteiger partial charge is 0.323 e. The molecule has 1 fully saturated rings. The van der Waals surface area contributed by atoms with Gasteiger partial charge in [-0.25, -0.2) is 14.8 Å². The zero-order chi connectivity index (χ0) is 18.0. The molecule has 1 aliphatic heterocycles. The molecule has 1 N–H and O–H groups in total. The standard InChI is InChI=1S/C17H25N7O/c1-12(2)16-18-13(3)11-15(20-16)23-7-9-24(10-8-23)17(25)19-14-5-6-22(4)21-14/h5-6,11-12H,7-10H2,1-4H3,(H,19,21,25). The third kappa shape index (κ3) is 4.07. The van der Waals surface area contributed by atoms with Crippen molar-refractivity contribution in [1.82, 2.24) is 24.6 Å². The normalized spacial score (nSPS) is 14.9. The first kappa shape index (κ1) is 17.2. The predicted octanol–water partition coefficient (Wildman–Crippen LogP) is 2.00. The van der Waals surface area contributed by atoms with Crippen LogP contribution in [-0.4, -0.2) is 56.9 Å². The molecule has 0 bridgehead atoms. The number of carbonyl (C=O) groups excluding carboxylic acids is 1. The lowest BCUT2D eigenvalue weighted by molar-refractivity contribution is 0.208. The van der Waals surface area contributed by atoms with Gasteiger partial charge in [0.05, 0.1) is 0 Å². The van der Waals surface area contributed by atoms with Crippen molar-refractivity contribution < 1.29 is 4.79 Å². The average molecular weight is 343 g/mol. The van der Waals surface area contributed by atoms with E-state index in [1.807, 2.05) is 24.9 Å². The Hall–Kier alpha value is -2.64. The first-order valence-corrected chi connectivity index (χ1v) is 8.58. The molecule has 1 aliphatic rings. The molecule has 2 aromatic heterocycles. The molecule has 134 valence electrons. The third-order valence-corrected chi connectivity index (χ3v) is 4.21. The molecule has 0 aliphatic carbocycles. The Kier molecular flexibility index (Phi) is 4.87. The minimum absolute atomic E-state index is 0.111. The van der Waals surface area contributed by atoms with Gasteiger partial charge >= 0.3 is 6.03 Å². The molecular formula is C17H25N7O. The van der Waals surface area contributed by atoms with E-state index in [2.05, 4.69) is 39.1 Å². The van der Waals surface area contributed by atoms with Gasteiger partial charge in [0.1, 0.15) is 11.6 Å². The van der Waals surface area contributed by atoms with Crippen molar-refractivity contribution in [2.75, 3.05) is 36.4 Å². The molecule has 2 aromatic rings. The molecule has 0 radical (unpaired) electrons. The Bertz CT molecular complexity index is 747. The first-order valence-electron chi connectivity index (χ1n) is 8.58. The number of anilines is 2. The summed E-state index contributed by atoms with van der Waals surface area (Å²) in [7, 11) is 1.82. The quantitative estimate of drug-likeness (QED) is 0.922. The molecule has 8 heteroatoms. The van der Waals surface area contributed by atoms with Crippen LogP contribution in [0.25, 0.3) is 0 Å². The summed E-state index contributed by atoms with van der Waals surface area (Å²) >= 11 is 0. The summed E-state index contributed by atoms with van der Waals surface area (Å²) in [6.45, 7) is 9.00. The maximum Gasteiger partial charge on any atom is 0.323 e. The molecule has 25 heavy (non-hydrogen) atoms. The van der Waals surface area contributed by atoms with Crippen LogP contribution in [0.5, 0.6) is 0 Å². The van der Waals surface area contributed by atoms with E-state index in [0.717, 1.165) is 30.4 Å². The highest BCUT2D eigenvalue weighted by atomic mass is 16.2. The van der Waals surface area contributed by atoms with Gasteiger partial charge in [-0.05, 0) is 6.92 Å². The van der Waals surface area contributed by atoms with E-state index in [4.69, 9.17) is 0 Å². The van der Waals surface area contributed by atoms with Crippen LogP contribution in [0.15, 0.2) is 18.3 Å². The second-order valence-corrected chi connectivity index (χ2v) is 6.66. The fourth-order valence-corrected chi connectivity index (χ4v) is 2.80. The van der Waals surface area contributed by atoms with Crippen molar-refractivity contribution in [2.24, 2.45) is 7.05 Å². The van der Waals surface area contributed by atoms with Gasteiger partial charge in [0.15, 0.2) is 5.82 Å². The van der Waals surface area contributed by atoms with Gasteiger partial charge in [-0.2, -0.15) is 5.10 Å². The van der Waals surface area contributed by atoms with Crippen LogP contribution in [0, 0.1) is 6.92 Å². The summed E-state index contributed by atoms with van der Waals surface area (Å²) in [6.07, 6.45) is 1.80. The average Bonchev–Trinajstić information content (AvgIpc) is 2.99. The molecule has 8 nitrogen and oxygen atoms in total. The van der Waals surface area contributed by atoms with Crippen LogP contribution in [-0.2, 0) is 7.05 Å². The van der Waals surface area contributed by atoms with Crippen molar-refractivity contribution in [3.63, 3.8) is 0 Å². The van der Waals surface area contributed by atoms with Gasteiger partial charge in [0.2, 0.25) is 0 Å². The highest BCUT2D eigenvalue weighted by Gasteiger charge is 2.23. The topological polar surface area (TPSA) is 79.2 Å². The van der Waals surface area contributed by atoms with Crippen molar-refractivity contribution >= 4 is 17.7 Å². The van der Waals surface area contributed by atoms with E-state index in [1.54, 1.807) is 16.9 Å². The van der Waals surface area contributed by atoms with E-state index in [1.165, 1.54) is 0 Å². The van der Waals surface area contributed by atoms with Gasteiger partial charge in [-0.1, -0.05) is 13.8 Å². The van der Waals surface area contributed by atoms with E-state index >= 15 is 0 Å². The third-order valence-electron chi connectivity index (χ3n) is 4.21. The molecule has 0 aromatic carbocycles. The van der Waals surface area contributed by atoms with Crippen molar-refractivity contribution in [2.45, 2.75) is 26.7 Å². The van der Waals surface area contributed by atoms with Gasteiger partial charge < -0.3 is 9.80 Å². The van der Waals surface area contributed by atoms with Gasteiger partial charge in [-0.15, -0.1) is 0 Å². The van der Waals surface area contributed by atoms with Gasteiger partial charge in [-0.3, -0.25) is 10.00 Å². The number of aryl methyl sites for hydroxylation is 2. The Morgan fingerprint density at radius 3 is 2.52 bits per heavy atom. The lowest BCUT2D eigenvalue weighted by Gasteiger charge is -2.35. The number of rotatable bonds is 3. The molecule has 0 spiro atoms. The SMILES string of the molecule is Cc1cc(N2CCN(C(=O)Nc3ccn(C)n3)CC2)nc(C(C)C)n1. The maximum absolute atomic E-state index is 12.3. The number of urea groups is 1. The van der Waals surface area contributed by atoms with Crippen LogP contribution < -0.4 is 10.2 Å². The maximum atomic E-state index is 12.3. The summed E-state index contributed by atoms with van der Waals surface area (Å²) in [5.41, 5.74) is 0.976. The van der Waals surface area contributed by atoms with Gasteiger partial charge in [0.25, 0.3) is 0 Å². The molecule has 0 unspecified atom stereocenters. The van der Waals surface area contributed by atoms with Crippen LogP contribution in [0.4, 0.5) is 16.4 Å². The largest absolute Gasteiger partial charge is 0.353 e. The van der Waals surface area contributed by atoms with Crippen molar-refractivity contribution in [3.8, 4) is 0 Å². The first-order chi connectivity index (χ1) is 11.9. The number of piperazine rings is 1. The monoisotopic (exact) mass is 343 g/mol. The molecule has 3 heterocycles. The molecule has 3 rings (SSSR count). The van der Waals surface area contributed by atoms with Crippen LogP contribution in [0.3, 0.4) is 0 Å². The van der Waals surface area contributed by atoms with Crippen molar-refractivity contribution in [1.29, 1.82) is 0 Å². The number of carbonyl (C=O) groups is 1. The Labute approximate surface area is 147 Å². The summed E-state index contributed by atoms with van der Waals surface area (Å²) in [5, 5.41) is 7.01. The Morgan fingerprint density at radius 1 is 1.20 bits per heavy atom. The minimum atomic E-state index is -0.111. The highest BCUT2D eigenvalue weighted by molar-refractivity contribution is 5.88. The Balaban J connectivity index is 1.61. The van der Waals surface area contributed by atoms with Gasteiger partial charge in [0, 0.05) is 63.2 Å². The van der Waals surface area contributed by atoms with Crippen LogP contribution in [0.1, 0.15) is 31.3 Å². The molecular weight excluding hydrogens is 318 g/mol. The summed E-state index contributed by atoms with van der Waals surface area (Å²) in [5.74, 6) is 2.68. The summed E-state index contributed by atoms with van der Waals surface area (Å²) in [4.78, 5) is 25.5. The molecule has 1 saturated heterocycles. The number of nitrogens with one attached hydrogen (secondary N) is 1.